The van der Waals surface area contributed by atoms with E-state index in [1.807, 2.05) is 0 Å². The summed E-state index contributed by atoms with van der Waals surface area (Å²) in [5.41, 5.74) is 0.271. The lowest BCUT2D eigenvalue weighted by Gasteiger charge is -2.07. The van der Waals surface area contributed by atoms with Crippen LogP contribution in [0.25, 0.3) is 0 Å². The fourth-order valence-electron chi connectivity index (χ4n) is 1.66. The van der Waals surface area contributed by atoms with Crippen molar-refractivity contribution in [1.29, 1.82) is 0 Å². The molecule has 0 spiro atoms. The molecule has 0 bridgehead atoms. The normalized spacial score (nSPS) is 10.9. The van der Waals surface area contributed by atoms with Crippen LogP contribution in [0.5, 0.6) is 11.5 Å². The molecule has 2 aromatic rings. The van der Waals surface area contributed by atoms with Crippen molar-refractivity contribution in [3.05, 3.63) is 70.3 Å². The van der Waals surface area contributed by atoms with Crippen LogP contribution >= 0.6 is 23.2 Å². The van der Waals surface area contributed by atoms with E-state index in [4.69, 9.17) is 32.7 Å². The van der Waals surface area contributed by atoms with Crippen LogP contribution in [-0.2, 0) is 4.79 Å². The minimum Gasteiger partial charge on any atom is -0.423 e. The third-order valence-corrected chi connectivity index (χ3v) is 3.19. The number of nitrogens with one attached hydrogen (secondary N) is 1. The largest absolute Gasteiger partial charge is 0.423 e. The number of benzene rings is 2. The summed E-state index contributed by atoms with van der Waals surface area (Å²) in [6.45, 7) is 1.53. The van der Waals surface area contributed by atoms with Crippen molar-refractivity contribution in [2.45, 2.75) is 6.92 Å². The van der Waals surface area contributed by atoms with Crippen LogP contribution in [0.3, 0.4) is 0 Å². The van der Waals surface area contributed by atoms with Gasteiger partial charge in [-0.05, 0) is 55.5 Å². The summed E-state index contributed by atoms with van der Waals surface area (Å²) in [6, 6.07) is 12.6. The molecule has 2 aromatic carbocycles. The average Bonchev–Trinajstić information content (AvgIpc) is 2.51. The minimum atomic E-state index is -0.731. The molecule has 0 aliphatic rings. The third kappa shape index (κ3) is 5.95. The summed E-state index contributed by atoms with van der Waals surface area (Å²) < 4.78 is 10.1. The van der Waals surface area contributed by atoms with E-state index in [0.717, 1.165) is 6.08 Å². The molecule has 0 radical (unpaired) electrons. The second-order valence-electron chi connectivity index (χ2n) is 4.67. The van der Waals surface area contributed by atoms with Gasteiger partial charge in [0, 0.05) is 21.8 Å². The van der Waals surface area contributed by atoms with Crippen LogP contribution in [-0.4, -0.2) is 12.1 Å². The van der Waals surface area contributed by atoms with Crippen LogP contribution in [0.2, 0.25) is 10.0 Å². The van der Waals surface area contributed by atoms with Crippen LogP contribution in [0.1, 0.15) is 6.92 Å². The zero-order chi connectivity index (χ0) is 17.5. The molecule has 124 valence electrons. The van der Waals surface area contributed by atoms with Gasteiger partial charge in [0.2, 0.25) is 0 Å². The topological polar surface area (TPSA) is 64.6 Å². The Morgan fingerprint density at radius 2 is 1.33 bits per heavy atom. The highest BCUT2D eigenvalue weighted by atomic mass is 35.5. The SMILES string of the molecule is C/C(=C/C(=O)Oc1ccc(Cl)cc1)NC(=O)Oc1ccc(Cl)cc1. The molecular weight excluding hydrogens is 353 g/mol. The van der Waals surface area contributed by atoms with E-state index in [0.29, 0.717) is 21.5 Å². The van der Waals surface area contributed by atoms with Crippen LogP contribution in [0, 0.1) is 0 Å². The van der Waals surface area contributed by atoms with Crippen LogP contribution < -0.4 is 14.8 Å². The van der Waals surface area contributed by atoms with Gasteiger partial charge in [-0.15, -0.1) is 0 Å². The van der Waals surface area contributed by atoms with Crippen molar-refractivity contribution in [2.24, 2.45) is 0 Å². The highest BCUT2D eigenvalue weighted by Crippen LogP contribution is 2.16. The second kappa shape index (κ2) is 8.38. The summed E-state index contributed by atoms with van der Waals surface area (Å²) in [7, 11) is 0. The number of allylic oxidation sites excluding steroid dienone is 1. The van der Waals surface area contributed by atoms with Gasteiger partial charge in [0.15, 0.2) is 0 Å². The standard InChI is InChI=1S/C17H13Cl2NO4/c1-11(10-16(21)23-14-6-2-12(18)3-7-14)20-17(22)24-15-8-4-13(19)5-9-15/h2-10H,1H3,(H,20,22)/b11-10-. The van der Waals surface area contributed by atoms with Gasteiger partial charge in [-0.2, -0.15) is 0 Å². The highest BCUT2D eigenvalue weighted by molar-refractivity contribution is 6.30. The lowest BCUT2D eigenvalue weighted by Crippen LogP contribution is -2.26. The van der Waals surface area contributed by atoms with Crippen molar-refractivity contribution in [3.8, 4) is 11.5 Å². The summed E-state index contributed by atoms with van der Waals surface area (Å²) in [4.78, 5) is 23.5. The molecule has 0 heterocycles. The van der Waals surface area contributed by atoms with Crippen molar-refractivity contribution in [2.75, 3.05) is 0 Å². The van der Waals surface area contributed by atoms with Crippen molar-refractivity contribution in [1.82, 2.24) is 5.32 Å². The van der Waals surface area contributed by atoms with E-state index in [-0.39, 0.29) is 5.70 Å². The molecule has 7 heteroatoms. The Hall–Kier alpha value is -2.50. The Labute approximate surface area is 148 Å². The Morgan fingerprint density at radius 3 is 1.83 bits per heavy atom. The number of amides is 1. The van der Waals surface area contributed by atoms with Gasteiger partial charge in [0.05, 0.1) is 0 Å². The smallest absolute Gasteiger partial charge is 0.416 e. The first-order valence-corrected chi connectivity index (χ1v) is 7.58. The molecule has 1 amide bonds. The monoisotopic (exact) mass is 365 g/mol. The summed E-state index contributed by atoms with van der Waals surface area (Å²) in [5, 5.41) is 3.48. The predicted molar refractivity (Wildman–Crippen MR) is 91.5 cm³/mol. The molecule has 0 atom stereocenters. The van der Waals surface area contributed by atoms with Crippen LogP contribution in [0.15, 0.2) is 60.3 Å². The van der Waals surface area contributed by atoms with Gasteiger partial charge >= 0.3 is 12.1 Å². The maximum atomic E-state index is 11.7. The first-order chi connectivity index (χ1) is 11.4. The molecule has 0 aliphatic carbocycles. The minimum absolute atomic E-state index is 0.271. The molecule has 1 N–H and O–H groups in total. The van der Waals surface area contributed by atoms with Gasteiger partial charge in [-0.3, -0.25) is 5.32 Å². The lowest BCUT2D eigenvalue weighted by atomic mass is 10.3. The highest BCUT2D eigenvalue weighted by Gasteiger charge is 2.07. The van der Waals surface area contributed by atoms with Gasteiger partial charge in [0.25, 0.3) is 0 Å². The van der Waals surface area contributed by atoms with Crippen LogP contribution in [0.4, 0.5) is 4.79 Å². The number of hydrogen-bond acceptors (Lipinski definition) is 4. The Balaban J connectivity index is 1.87. The average molecular weight is 366 g/mol. The predicted octanol–water partition coefficient (Wildman–Crippen LogP) is 4.59. The number of rotatable bonds is 4. The molecular formula is C17H13Cl2NO4. The molecule has 0 aliphatic heterocycles. The Kier molecular flexibility index (Phi) is 6.23. The first-order valence-electron chi connectivity index (χ1n) is 6.82. The molecule has 24 heavy (non-hydrogen) atoms. The first kappa shape index (κ1) is 17.8. The van der Waals surface area contributed by atoms with Gasteiger partial charge in [0.1, 0.15) is 11.5 Å². The van der Waals surface area contributed by atoms with E-state index in [2.05, 4.69) is 5.32 Å². The lowest BCUT2D eigenvalue weighted by molar-refractivity contribution is -0.129. The number of hydrogen-bond donors (Lipinski definition) is 1. The number of ether oxygens (including phenoxy) is 2. The number of halogens is 2. The van der Waals surface area contributed by atoms with E-state index in [9.17, 15) is 9.59 Å². The quantitative estimate of drug-likeness (QED) is 0.488. The zero-order valence-electron chi connectivity index (χ0n) is 12.6. The molecule has 0 saturated heterocycles. The van der Waals surface area contributed by atoms with Crippen molar-refractivity contribution >= 4 is 35.3 Å². The molecule has 2 rings (SSSR count). The van der Waals surface area contributed by atoms with Crippen molar-refractivity contribution in [3.63, 3.8) is 0 Å². The number of esters is 1. The fourth-order valence-corrected chi connectivity index (χ4v) is 1.91. The summed E-state index contributed by atoms with van der Waals surface area (Å²) in [5.74, 6) is 0.0345. The number of carbonyl (C=O) groups excluding carboxylic acids is 2. The van der Waals surface area contributed by atoms with E-state index in [1.54, 1.807) is 48.5 Å². The summed E-state index contributed by atoms with van der Waals surface area (Å²) >= 11 is 11.5. The zero-order valence-corrected chi connectivity index (χ0v) is 14.1. The van der Waals surface area contributed by atoms with E-state index >= 15 is 0 Å². The molecule has 0 fully saturated rings. The van der Waals surface area contributed by atoms with E-state index < -0.39 is 12.1 Å². The third-order valence-electron chi connectivity index (χ3n) is 2.69. The molecule has 5 nitrogen and oxygen atoms in total. The Morgan fingerprint density at radius 1 is 0.875 bits per heavy atom. The fraction of sp³-hybridized carbons (Fsp3) is 0.0588. The molecule has 0 aromatic heterocycles. The van der Waals surface area contributed by atoms with Gasteiger partial charge < -0.3 is 9.47 Å². The van der Waals surface area contributed by atoms with Gasteiger partial charge in [-0.25, -0.2) is 9.59 Å². The van der Waals surface area contributed by atoms with E-state index in [1.165, 1.54) is 6.92 Å². The maximum absolute atomic E-state index is 11.7. The summed E-state index contributed by atoms with van der Waals surface area (Å²) in [6.07, 6.45) is 0.405. The van der Waals surface area contributed by atoms with Crippen molar-refractivity contribution < 1.29 is 19.1 Å². The number of carbonyl (C=O) groups is 2. The van der Waals surface area contributed by atoms with Gasteiger partial charge in [-0.1, -0.05) is 23.2 Å². The molecule has 0 unspecified atom stereocenters. The Bertz CT molecular complexity index is 755. The molecule has 0 saturated carbocycles. The second-order valence-corrected chi connectivity index (χ2v) is 5.54. The maximum Gasteiger partial charge on any atom is 0.416 e.